The maximum atomic E-state index is 13.1. The lowest BCUT2D eigenvalue weighted by molar-refractivity contribution is 0.519. The smallest absolute Gasteiger partial charge is 0.336 e. The first kappa shape index (κ1) is 22.6. The lowest BCUT2D eigenvalue weighted by Gasteiger charge is -2.17. The first-order valence-electron chi connectivity index (χ1n) is 10.6. The van der Waals surface area contributed by atoms with Crippen LogP contribution in [0, 0.1) is 6.92 Å². The SMILES string of the molecule is Cc1cc2oc(=O)cc(CSc3nc4cc(Cl)ccc4c(=O)n3C(C)C)c2cc1C(C)C. The van der Waals surface area contributed by atoms with E-state index in [9.17, 15) is 9.59 Å². The summed E-state index contributed by atoms with van der Waals surface area (Å²) in [5.74, 6) is 0.832. The van der Waals surface area contributed by atoms with Gasteiger partial charge in [0, 0.05) is 28.3 Å². The maximum Gasteiger partial charge on any atom is 0.336 e. The lowest BCUT2D eigenvalue weighted by Crippen LogP contribution is -2.25. The van der Waals surface area contributed by atoms with E-state index in [0.29, 0.717) is 38.3 Å². The number of nitrogens with zero attached hydrogens (tertiary/aromatic N) is 2. The Bertz CT molecular complexity index is 1450. The maximum absolute atomic E-state index is 13.1. The molecule has 0 amide bonds. The number of rotatable bonds is 5. The fraction of sp³-hybridized carbons (Fsp3) is 0.320. The number of thioether (sulfide) groups is 1. The molecule has 0 spiro atoms. The van der Waals surface area contributed by atoms with Crippen molar-refractivity contribution >= 4 is 45.2 Å². The number of aryl methyl sites for hydroxylation is 1. The van der Waals surface area contributed by atoms with Gasteiger partial charge in [-0.1, -0.05) is 37.2 Å². The monoisotopic (exact) mass is 468 g/mol. The van der Waals surface area contributed by atoms with Crippen molar-refractivity contribution in [1.29, 1.82) is 0 Å². The molecule has 5 nitrogen and oxygen atoms in total. The van der Waals surface area contributed by atoms with Crippen LogP contribution in [0.5, 0.6) is 0 Å². The van der Waals surface area contributed by atoms with E-state index in [1.165, 1.54) is 23.4 Å². The van der Waals surface area contributed by atoms with E-state index < -0.39 is 0 Å². The van der Waals surface area contributed by atoms with Gasteiger partial charge in [-0.15, -0.1) is 0 Å². The van der Waals surface area contributed by atoms with Crippen LogP contribution in [0.15, 0.2) is 55.6 Å². The molecule has 2 aromatic carbocycles. The lowest BCUT2D eigenvalue weighted by atomic mass is 9.95. The van der Waals surface area contributed by atoms with Gasteiger partial charge in [0.15, 0.2) is 5.16 Å². The fourth-order valence-electron chi connectivity index (χ4n) is 3.98. The van der Waals surface area contributed by atoms with Gasteiger partial charge < -0.3 is 4.42 Å². The first-order valence-corrected chi connectivity index (χ1v) is 11.9. The minimum atomic E-state index is -0.385. The Hall–Kier alpha value is -2.57. The molecular formula is C25H25ClN2O3S. The molecule has 0 saturated carbocycles. The molecule has 0 atom stereocenters. The van der Waals surface area contributed by atoms with Gasteiger partial charge in [-0.25, -0.2) is 9.78 Å². The van der Waals surface area contributed by atoms with Crippen LogP contribution < -0.4 is 11.2 Å². The molecule has 32 heavy (non-hydrogen) atoms. The normalized spacial score (nSPS) is 11.9. The number of halogens is 1. The topological polar surface area (TPSA) is 65.1 Å². The van der Waals surface area contributed by atoms with Crippen LogP contribution in [0.1, 0.15) is 56.3 Å². The summed E-state index contributed by atoms with van der Waals surface area (Å²) in [5, 5.41) is 2.58. The second-order valence-electron chi connectivity index (χ2n) is 8.56. The fourth-order valence-corrected chi connectivity index (χ4v) is 5.27. The predicted molar refractivity (Wildman–Crippen MR) is 132 cm³/mol. The summed E-state index contributed by atoms with van der Waals surface area (Å²) < 4.78 is 7.16. The zero-order valence-electron chi connectivity index (χ0n) is 18.7. The molecule has 166 valence electrons. The van der Waals surface area contributed by atoms with Gasteiger partial charge in [0.05, 0.1) is 10.9 Å². The van der Waals surface area contributed by atoms with Gasteiger partial charge in [-0.05, 0) is 73.7 Å². The Balaban J connectivity index is 1.83. The molecule has 4 aromatic rings. The molecule has 0 aliphatic carbocycles. The molecule has 0 fully saturated rings. The first-order chi connectivity index (χ1) is 15.2. The van der Waals surface area contributed by atoms with E-state index in [0.717, 1.165) is 16.5 Å². The van der Waals surface area contributed by atoms with Crippen LogP contribution in [0.3, 0.4) is 0 Å². The second kappa shape index (κ2) is 8.75. The highest BCUT2D eigenvalue weighted by Gasteiger charge is 2.16. The van der Waals surface area contributed by atoms with Crippen molar-refractivity contribution in [3.05, 3.63) is 78.9 Å². The van der Waals surface area contributed by atoms with E-state index in [2.05, 4.69) is 19.9 Å². The molecule has 7 heteroatoms. The summed E-state index contributed by atoms with van der Waals surface area (Å²) in [4.78, 5) is 30.1. The van der Waals surface area contributed by atoms with Crippen LogP contribution in [0.4, 0.5) is 0 Å². The van der Waals surface area contributed by atoms with Crippen LogP contribution in [0.2, 0.25) is 5.02 Å². The van der Waals surface area contributed by atoms with Gasteiger partial charge in [0.1, 0.15) is 5.58 Å². The molecule has 2 heterocycles. The zero-order valence-corrected chi connectivity index (χ0v) is 20.3. The third kappa shape index (κ3) is 4.21. The Morgan fingerprint density at radius 1 is 1.06 bits per heavy atom. The highest BCUT2D eigenvalue weighted by Crippen LogP contribution is 2.31. The van der Waals surface area contributed by atoms with Crippen LogP contribution in [-0.4, -0.2) is 9.55 Å². The van der Waals surface area contributed by atoms with Gasteiger partial charge in [0.2, 0.25) is 0 Å². The van der Waals surface area contributed by atoms with Crippen LogP contribution in [0.25, 0.3) is 21.9 Å². The molecule has 0 aliphatic heterocycles. The number of fused-ring (bicyclic) bond motifs is 2. The largest absolute Gasteiger partial charge is 0.423 e. The molecule has 0 saturated heterocycles. The summed E-state index contributed by atoms with van der Waals surface area (Å²) in [6, 6.07) is 10.6. The average molecular weight is 469 g/mol. The molecule has 0 radical (unpaired) electrons. The Kier molecular flexibility index (Phi) is 6.19. The van der Waals surface area contributed by atoms with E-state index in [4.69, 9.17) is 21.0 Å². The highest BCUT2D eigenvalue weighted by atomic mass is 35.5. The molecule has 0 unspecified atom stereocenters. The van der Waals surface area contributed by atoms with Gasteiger partial charge in [0.25, 0.3) is 5.56 Å². The standard InChI is InChI=1S/C25H25ClN2O3S/c1-13(2)19-11-20-16(9-23(29)31-22(20)8-15(19)5)12-32-25-27-21-10-17(26)6-7-18(21)24(30)28(25)14(3)4/h6-11,13-14H,12H2,1-5H3. The molecular weight excluding hydrogens is 444 g/mol. The van der Waals surface area contributed by atoms with E-state index in [1.54, 1.807) is 22.8 Å². The van der Waals surface area contributed by atoms with Gasteiger partial charge >= 0.3 is 5.63 Å². The van der Waals surface area contributed by atoms with Gasteiger partial charge in [-0.3, -0.25) is 9.36 Å². The molecule has 0 bridgehead atoms. The predicted octanol–water partition coefficient (Wildman–Crippen LogP) is 6.46. The number of hydrogen-bond donors (Lipinski definition) is 0. The summed E-state index contributed by atoms with van der Waals surface area (Å²) in [6.45, 7) is 10.2. The molecule has 4 rings (SSSR count). The third-order valence-corrected chi connectivity index (χ3v) is 6.78. The zero-order chi connectivity index (χ0) is 23.2. The minimum absolute atomic E-state index is 0.0645. The van der Waals surface area contributed by atoms with Crippen LogP contribution in [-0.2, 0) is 5.75 Å². The average Bonchev–Trinajstić information content (AvgIpc) is 2.70. The van der Waals surface area contributed by atoms with Crippen molar-refractivity contribution in [2.24, 2.45) is 0 Å². The Labute approximate surface area is 195 Å². The van der Waals surface area contributed by atoms with Crippen molar-refractivity contribution in [3.63, 3.8) is 0 Å². The van der Waals surface area contributed by atoms with Gasteiger partial charge in [-0.2, -0.15) is 0 Å². The highest BCUT2D eigenvalue weighted by molar-refractivity contribution is 7.98. The van der Waals surface area contributed by atoms with E-state index >= 15 is 0 Å². The number of aromatic nitrogens is 2. The summed E-state index contributed by atoms with van der Waals surface area (Å²) >= 11 is 7.57. The minimum Gasteiger partial charge on any atom is -0.423 e. The molecule has 0 aliphatic rings. The Morgan fingerprint density at radius 3 is 2.50 bits per heavy atom. The summed E-state index contributed by atoms with van der Waals surface area (Å²) in [7, 11) is 0. The van der Waals surface area contributed by atoms with E-state index in [1.807, 2.05) is 26.8 Å². The van der Waals surface area contributed by atoms with Crippen molar-refractivity contribution < 1.29 is 4.42 Å². The van der Waals surface area contributed by atoms with Crippen molar-refractivity contribution in [1.82, 2.24) is 9.55 Å². The van der Waals surface area contributed by atoms with Crippen molar-refractivity contribution in [2.45, 2.75) is 57.5 Å². The van der Waals surface area contributed by atoms with E-state index in [-0.39, 0.29) is 17.2 Å². The summed E-state index contributed by atoms with van der Waals surface area (Å²) in [6.07, 6.45) is 0. The quantitative estimate of drug-likeness (QED) is 0.191. The molecule has 2 aromatic heterocycles. The summed E-state index contributed by atoms with van der Waals surface area (Å²) in [5.41, 5.74) is 3.84. The Morgan fingerprint density at radius 2 is 1.81 bits per heavy atom. The molecule has 0 N–H and O–H groups in total. The second-order valence-corrected chi connectivity index (χ2v) is 9.94. The number of hydrogen-bond acceptors (Lipinski definition) is 5. The number of benzene rings is 2. The third-order valence-electron chi connectivity index (χ3n) is 5.54. The van der Waals surface area contributed by atoms with Crippen molar-refractivity contribution in [2.75, 3.05) is 0 Å². The van der Waals surface area contributed by atoms with Crippen molar-refractivity contribution in [3.8, 4) is 0 Å². The van der Waals surface area contributed by atoms with Crippen LogP contribution >= 0.6 is 23.4 Å².